The Kier molecular flexibility index (Phi) is 4.35. The lowest BCUT2D eigenvalue weighted by molar-refractivity contribution is 0.839. The van der Waals surface area contributed by atoms with Gasteiger partial charge in [-0.05, 0) is 12.1 Å². The van der Waals surface area contributed by atoms with Gasteiger partial charge in [0.15, 0.2) is 5.82 Å². The Morgan fingerprint density at radius 2 is 2.24 bits per heavy atom. The van der Waals surface area contributed by atoms with Gasteiger partial charge < -0.3 is 0 Å². The predicted octanol–water partition coefficient (Wildman–Crippen LogP) is 2.06. The van der Waals surface area contributed by atoms with Gasteiger partial charge >= 0.3 is 0 Å². The quantitative estimate of drug-likeness (QED) is 0.452. The molecule has 0 spiro atoms. The van der Waals surface area contributed by atoms with E-state index in [0.717, 1.165) is 5.84 Å². The molecule has 0 atom stereocenters. The average Bonchev–Trinajstić information content (AvgIpc) is 2.35. The number of amidine groups is 1. The number of rotatable bonds is 3. The summed E-state index contributed by atoms with van der Waals surface area (Å²) in [5.74, 6) is 1.59. The molecular formula is C12H15N5. The van der Waals surface area contributed by atoms with Crippen LogP contribution in [0.3, 0.4) is 0 Å². The zero-order valence-corrected chi connectivity index (χ0v) is 10.3. The van der Waals surface area contributed by atoms with Crippen LogP contribution in [0.1, 0.15) is 19.4 Å². The lowest BCUT2D eigenvalue weighted by atomic mass is 10.2. The monoisotopic (exact) mass is 229 g/mol. The summed E-state index contributed by atoms with van der Waals surface area (Å²) >= 11 is 0. The lowest BCUT2D eigenvalue weighted by Crippen LogP contribution is -2.30. The van der Waals surface area contributed by atoms with E-state index in [2.05, 4.69) is 21.8 Å². The smallest absolute Gasteiger partial charge is 0.155 e. The normalized spacial score (nSPS) is 11.1. The molecule has 88 valence electrons. The van der Waals surface area contributed by atoms with Gasteiger partial charge in [0.2, 0.25) is 0 Å². The highest BCUT2D eigenvalue weighted by atomic mass is 15.5. The molecule has 0 aliphatic heterocycles. The van der Waals surface area contributed by atoms with E-state index in [-0.39, 0.29) is 5.92 Å². The molecular weight excluding hydrogens is 214 g/mol. The SMILES string of the molecule is C=NN(C(=NC)C(C)C)c1ccc(C#N)cn1. The van der Waals surface area contributed by atoms with Crippen LogP contribution < -0.4 is 5.01 Å². The van der Waals surface area contributed by atoms with Crippen molar-refractivity contribution in [3.05, 3.63) is 23.9 Å². The molecule has 0 unspecified atom stereocenters. The van der Waals surface area contributed by atoms with Crippen molar-refractivity contribution >= 4 is 18.4 Å². The number of hydrazone groups is 1. The molecule has 0 aliphatic carbocycles. The van der Waals surface area contributed by atoms with E-state index in [9.17, 15) is 0 Å². The van der Waals surface area contributed by atoms with Gasteiger partial charge in [-0.25, -0.2) is 9.99 Å². The maximum atomic E-state index is 8.70. The van der Waals surface area contributed by atoms with Crippen LogP contribution in [0.4, 0.5) is 5.82 Å². The van der Waals surface area contributed by atoms with Gasteiger partial charge in [-0.2, -0.15) is 10.4 Å². The van der Waals surface area contributed by atoms with Crippen LogP contribution >= 0.6 is 0 Å². The molecule has 5 heteroatoms. The topological polar surface area (TPSA) is 64.6 Å². The second kappa shape index (κ2) is 5.75. The van der Waals surface area contributed by atoms with Gasteiger partial charge in [0.05, 0.1) is 5.56 Å². The Morgan fingerprint density at radius 1 is 1.53 bits per heavy atom. The van der Waals surface area contributed by atoms with Crippen molar-refractivity contribution < 1.29 is 0 Å². The van der Waals surface area contributed by atoms with Crippen molar-refractivity contribution in [3.8, 4) is 6.07 Å². The molecule has 0 amide bonds. The van der Waals surface area contributed by atoms with E-state index >= 15 is 0 Å². The maximum absolute atomic E-state index is 8.70. The molecule has 0 fully saturated rings. The van der Waals surface area contributed by atoms with Crippen LogP contribution in [0, 0.1) is 17.2 Å². The molecule has 1 aromatic rings. The molecule has 1 rings (SSSR count). The molecule has 0 radical (unpaired) electrons. The van der Waals surface area contributed by atoms with Crippen LogP contribution in [0.2, 0.25) is 0 Å². The van der Waals surface area contributed by atoms with E-state index in [0.29, 0.717) is 11.4 Å². The van der Waals surface area contributed by atoms with Crippen LogP contribution in [-0.4, -0.2) is 24.6 Å². The average molecular weight is 229 g/mol. The highest BCUT2D eigenvalue weighted by molar-refractivity contribution is 5.98. The molecule has 5 nitrogen and oxygen atoms in total. The third-order valence-corrected chi connectivity index (χ3v) is 2.20. The number of aromatic nitrogens is 1. The van der Waals surface area contributed by atoms with E-state index in [1.807, 2.05) is 19.9 Å². The standard InChI is InChI=1S/C12H15N5/c1-9(2)12(14-3)17(15-4)11-6-5-10(7-13)8-16-11/h5-6,8-9H,4H2,1-3H3. The number of hydrogen-bond acceptors (Lipinski definition) is 4. The fourth-order valence-electron chi connectivity index (χ4n) is 1.44. The predicted molar refractivity (Wildman–Crippen MR) is 69.2 cm³/mol. The molecule has 1 heterocycles. The summed E-state index contributed by atoms with van der Waals surface area (Å²) in [7, 11) is 1.71. The molecule has 0 saturated carbocycles. The number of nitriles is 1. The Bertz CT molecular complexity index is 453. The summed E-state index contributed by atoms with van der Waals surface area (Å²) in [6, 6.07) is 5.43. The van der Waals surface area contributed by atoms with Gasteiger partial charge in [0, 0.05) is 25.9 Å². The Morgan fingerprint density at radius 3 is 2.59 bits per heavy atom. The summed E-state index contributed by atoms with van der Waals surface area (Å²) < 4.78 is 0. The van der Waals surface area contributed by atoms with Gasteiger partial charge in [-0.1, -0.05) is 13.8 Å². The largest absolute Gasteiger partial charge is 0.274 e. The van der Waals surface area contributed by atoms with E-state index < -0.39 is 0 Å². The number of hydrogen-bond donors (Lipinski definition) is 0. The van der Waals surface area contributed by atoms with E-state index in [4.69, 9.17) is 5.26 Å². The van der Waals surface area contributed by atoms with Crippen LogP contribution in [0.15, 0.2) is 28.4 Å². The van der Waals surface area contributed by atoms with Crippen molar-refractivity contribution in [3.63, 3.8) is 0 Å². The van der Waals surface area contributed by atoms with Crippen molar-refractivity contribution in [2.45, 2.75) is 13.8 Å². The number of pyridine rings is 1. The molecule has 17 heavy (non-hydrogen) atoms. The van der Waals surface area contributed by atoms with Gasteiger partial charge in [0.25, 0.3) is 0 Å². The summed E-state index contributed by atoms with van der Waals surface area (Å²) in [5.41, 5.74) is 0.511. The minimum atomic E-state index is 0.211. The van der Waals surface area contributed by atoms with Crippen molar-refractivity contribution in [2.75, 3.05) is 12.1 Å². The summed E-state index contributed by atoms with van der Waals surface area (Å²) in [6.45, 7) is 7.56. The third kappa shape index (κ3) is 2.88. The lowest BCUT2D eigenvalue weighted by Gasteiger charge is -2.21. The van der Waals surface area contributed by atoms with Crippen LogP contribution in [0.25, 0.3) is 0 Å². The third-order valence-electron chi connectivity index (χ3n) is 2.20. The first-order valence-electron chi connectivity index (χ1n) is 5.23. The van der Waals surface area contributed by atoms with Crippen LogP contribution in [0.5, 0.6) is 0 Å². The zero-order valence-electron chi connectivity index (χ0n) is 10.3. The first-order valence-corrected chi connectivity index (χ1v) is 5.23. The molecule has 0 bridgehead atoms. The molecule has 0 N–H and O–H groups in total. The maximum Gasteiger partial charge on any atom is 0.155 e. The number of anilines is 1. The fourth-order valence-corrected chi connectivity index (χ4v) is 1.44. The summed E-state index contributed by atoms with van der Waals surface area (Å²) in [4.78, 5) is 8.34. The van der Waals surface area contributed by atoms with Gasteiger partial charge in [-0.3, -0.25) is 4.99 Å². The Hall–Kier alpha value is -2.22. The van der Waals surface area contributed by atoms with Crippen molar-refractivity contribution in [2.24, 2.45) is 16.0 Å². The zero-order chi connectivity index (χ0) is 12.8. The molecule has 0 saturated heterocycles. The Balaban J connectivity index is 3.10. The minimum Gasteiger partial charge on any atom is -0.274 e. The second-order valence-corrected chi connectivity index (χ2v) is 3.71. The van der Waals surface area contributed by atoms with Gasteiger partial charge in [-0.15, -0.1) is 0 Å². The number of nitrogens with zero attached hydrogens (tertiary/aromatic N) is 5. The van der Waals surface area contributed by atoms with Crippen molar-refractivity contribution in [1.29, 1.82) is 5.26 Å². The second-order valence-electron chi connectivity index (χ2n) is 3.71. The fraction of sp³-hybridized carbons (Fsp3) is 0.333. The first kappa shape index (κ1) is 12.8. The van der Waals surface area contributed by atoms with Gasteiger partial charge in [0.1, 0.15) is 11.9 Å². The van der Waals surface area contributed by atoms with E-state index in [1.54, 1.807) is 24.2 Å². The molecule has 0 aromatic carbocycles. The molecule has 1 aromatic heterocycles. The minimum absolute atomic E-state index is 0.211. The Labute approximate surface area is 101 Å². The van der Waals surface area contributed by atoms with Crippen molar-refractivity contribution in [1.82, 2.24) is 4.98 Å². The number of aliphatic imine (C=N–C) groups is 1. The van der Waals surface area contributed by atoms with E-state index in [1.165, 1.54) is 6.20 Å². The highest BCUT2D eigenvalue weighted by Gasteiger charge is 2.16. The molecule has 0 aliphatic rings. The summed E-state index contributed by atoms with van der Waals surface area (Å²) in [6.07, 6.45) is 1.50. The van der Waals surface area contributed by atoms with Crippen LogP contribution in [-0.2, 0) is 0 Å². The first-order chi connectivity index (χ1) is 8.13. The highest BCUT2D eigenvalue weighted by Crippen LogP contribution is 2.15. The summed E-state index contributed by atoms with van der Waals surface area (Å²) in [5, 5.41) is 14.2.